The highest BCUT2D eigenvalue weighted by Crippen LogP contribution is 2.39. The van der Waals surface area contributed by atoms with E-state index in [1.54, 1.807) is 7.11 Å². The van der Waals surface area contributed by atoms with Gasteiger partial charge in [0.15, 0.2) is 6.54 Å². The quantitative estimate of drug-likeness (QED) is 0.145. The third-order valence-electron chi connectivity index (χ3n) is 9.20. The first-order chi connectivity index (χ1) is 20.6. The third kappa shape index (κ3) is 4.66. The number of hydrogen-bond acceptors (Lipinski definition) is 5. The number of rotatable bonds is 4. The largest absolute Gasteiger partial charge is 0.337 e. The highest BCUT2D eigenvalue weighted by molar-refractivity contribution is 8.03. The molecule has 0 bridgehead atoms. The lowest BCUT2D eigenvalue weighted by Gasteiger charge is -2.28. The van der Waals surface area contributed by atoms with E-state index in [9.17, 15) is 4.55 Å². The molecule has 1 aromatic heterocycles. The minimum absolute atomic E-state index is 0.678. The molecule has 6 aliphatic rings. The molecule has 2 unspecified atom stereocenters. The van der Waals surface area contributed by atoms with Crippen molar-refractivity contribution >= 4 is 73.9 Å². The number of aryl methyl sites for hydroxylation is 2. The number of hydrogen-bond donors (Lipinski definition) is 1. The second-order valence-corrected chi connectivity index (χ2v) is 16.2. The molecule has 0 saturated carbocycles. The maximum atomic E-state index is 10.4. The van der Waals surface area contributed by atoms with E-state index in [1.165, 1.54) is 93.5 Å². The summed E-state index contributed by atoms with van der Waals surface area (Å²) >= 11 is 5.32. The van der Waals surface area contributed by atoms with Crippen LogP contribution in [0.2, 0.25) is 0 Å². The number of aromatic nitrogens is 2. The van der Waals surface area contributed by atoms with Crippen LogP contribution in [-0.4, -0.2) is 22.5 Å². The molecule has 1 aromatic carbocycles. The van der Waals surface area contributed by atoms with Gasteiger partial charge in [-0.05, 0) is 91.5 Å². The number of nitrogens with zero attached hydrogens (tertiary/aromatic N) is 2. The van der Waals surface area contributed by atoms with E-state index in [4.69, 9.17) is 4.18 Å². The molecule has 2 atom stereocenters. The highest BCUT2D eigenvalue weighted by atomic mass is 32.2. The van der Waals surface area contributed by atoms with Gasteiger partial charge in [0.2, 0.25) is 5.52 Å². The van der Waals surface area contributed by atoms with Crippen molar-refractivity contribution in [2.75, 3.05) is 13.4 Å². The summed E-state index contributed by atoms with van der Waals surface area (Å²) in [6.45, 7) is 2.11. The highest BCUT2D eigenvalue weighted by Gasteiger charge is 2.29. The zero-order valence-corrected chi connectivity index (χ0v) is 27.3. The Labute approximate surface area is 260 Å². The summed E-state index contributed by atoms with van der Waals surface area (Å²) in [7, 11) is 1.03. The molecule has 8 rings (SSSR count). The summed E-state index contributed by atoms with van der Waals surface area (Å²) in [5.74, 6) is 0.678. The van der Waals surface area contributed by atoms with E-state index in [-0.39, 0.29) is 0 Å². The number of benzene rings is 1. The van der Waals surface area contributed by atoms with Crippen molar-refractivity contribution in [1.82, 2.24) is 4.57 Å². The lowest BCUT2D eigenvalue weighted by molar-refractivity contribution is -0.672. The second kappa shape index (κ2) is 11.1. The zero-order valence-electron chi connectivity index (χ0n) is 24.0. The van der Waals surface area contributed by atoms with Gasteiger partial charge in [-0.2, -0.15) is 4.57 Å². The third-order valence-corrected chi connectivity index (χ3v) is 13.1. The van der Waals surface area contributed by atoms with Crippen LogP contribution in [0.25, 0.3) is 28.4 Å². The van der Waals surface area contributed by atoms with Crippen molar-refractivity contribution in [2.24, 2.45) is 5.92 Å². The molecule has 0 fully saturated rings. The molecule has 8 heteroatoms. The Balaban J connectivity index is 1.18. The van der Waals surface area contributed by atoms with Gasteiger partial charge in [0.05, 0.1) is 21.7 Å². The average molecular weight is 632 g/mol. The molecule has 1 N–H and O–H groups in total. The Hall–Kier alpha value is -2.20. The number of allylic oxidation sites excluding steroid dienone is 5. The Kier molecular flexibility index (Phi) is 7.20. The van der Waals surface area contributed by atoms with Crippen molar-refractivity contribution in [2.45, 2.75) is 62.9 Å². The van der Waals surface area contributed by atoms with E-state index in [1.807, 2.05) is 28.9 Å². The van der Waals surface area contributed by atoms with Crippen LogP contribution in [0.15, 0.2) is 58.0 Å². The second-order valence-electron chi connectivity index (χ2n) is 11.7. The minimum Gasteiger partial charge on any atom is -0.337 e. The van der Waals surface area contributed by atoms with Gasteiger partial charge in [-0.1, -0.05) is 40.3 Å². The summed E-state index contributed by atoms with van der Waals surface area (Å²) in [5, 5.41) is 3.93. The molecule has 4 nitrogen and oxygen atoms in total. The molecule has 2 aromatic rings. The van der Waals surface area contributed by atoms with Crippen molar-refractivity contribution in [3.8, 4) is 0 Å². The molecule has 3 aliphatic carbocycles. The predicted molar refractivity (Wildman–Crippen MR) is 179 cm³/mol. The van der Waals surface area contributed by atoms with E-state index < -0.39 is 10.8 Å². The Morgan fingerprint density at radius 3 is 2.88 bits per heavy atom. The van der Waals surface area contributed by atoms with Gasteiger partial charge in [0.1, 0.15) is 4.70 Å². The molecule has 0 radical (unpaired) electrons. The molecule has 0 spiro atoms. The van der Waals surface area contributed by atoms with Crippen molar-refractivity contribution < 1.29 is 13.3 Å². The van der Waals surface area contributed by atoms with Crippen LogP contribution in [0.3, 0.4) is 0 Å². The predicted octanol–water partition coefficient (Wildman–Crippen LogP) is 7.38. The van der Waals surface area contributed by atoms with Gasteiger partial charge in [0, 0.05) is 57.5 Å². The average Bonchev–Trinajstić information content (AvgIpc) is 3.54. The Morgan fingerprint density at radius 1 is 1.10 bits per heavy atom. The van der Waals surface area contributed by atoms with Crippen LogP contribution in [0.4, 0.5) is 0 Å². The molecule has 42 heavy (non-hydrogen) atoms. The topological polar surface area (TPSA) is 38.3 Å². The van der Waals surface area contributed by atoms with Gasteiger partial charge in [0.25, 0.3) is 5.01 Å². The molecule has 3 aliphatic heterocycles. The maximum absolute atomic E-state index is 10.4. The van der Waals surface area contributed by atoms with E-state index in [0.717, 1.165) is 43.3 Å². The van der Waals surface area contributed by atoms with Gasteiger partial charge in [-0.25, -0.2) is 0 Å². The van der Waals surface area contributed by atoms with Crippen LogP contribution in [0.5, 0.6) is 0 Å². The SMILES string of the molecule is COSc1ccc2sc(C=C3C=C4C=C(C=c5sc6ccc(=S(C)O)c7c=6n5CCC=7)CCC4CC3)[n+]3c2c1CCC3. The van der Waals surface area contributed by atoms with Crippen LogP contribution >= 0.6 is 45.5 Å². The van der Waals surface area contributed by atoms with Crippen LogP contribution < -0.4 is 14.4 Å². The van der Waals surface area contributed by atoms with Crippen molar-refractivity contribution in [3.05, 3.63) is 88.0 Å². The molecular formula is C34H35N2O2S4+. The fraction of sp³-hybridized carbons (Fsp3) is 0.353. The maximum Gasteiger partial charge on any atom is 0.263 e. The van der Waals surface area contributed by atoms with E-state index >= 15 is 0 Å². The van der Waals surface area contributed by atoms with Crippen LogP contribution in [0, 0.1) is 20.3 Å². The van der Waals surface area contributed by atoms with E-state index in [0.29, 0.717) is 5.92 Å². The Bertz CT molecular complexity index is 2120. The first kappa shape index (κ1) is 27.4. The summed E-state index contributed by atoms with van der Waals surface area (Å²) in [6.07, 6.45) is 22.3. The van der Waals surface area contributed by atoms with Gasteiger partial charge < -0.3 is 13.3 Å². The number of thiazole rings is 1. The molecule has 216 valence electrons. The number of fused-ring (bicyclic) bond motifs is 1. The van der Waals surface area contributed by atoms with Gasteiger partial charge >= 0.3 is 0 Å². The zero-order chi connectivity index (χ0) is 28.4. The fourth-order valence-corrected chi connectivity index (χ4v) is 11.0. The monoisotopic (exact) mass is 631 g/mol. The van der Waals surface area contributed by atoms with Crippen LogP contribution in [0.1, 0.15) is 49.1 Å². The smallest absolute Gasteiger partial charge is 0.263 e. The first-order valence-corrected chi connectivity index (χ1v) is 18.9. The lowest BCUT2D eigenvalue weighted by Crippen LogP contribution is -2.38. The summed E-state index contributed by atoms with van der Waals surface area (Å²) in [4.78, 5) is 1.26. The summed E-state index contributed by atoms with van der Waals surface area (Å²) in [5.41, 5.74) is 7.29. The standard InChI is InChI=1S/C34H35N2O2S4/c1-38-41-27-11-12-28-33-25(27)5-3-15-35(33)31(39-28)19-21-7-9-23-10-8-22(18-24(23)17-21)20-32-36-16-4-6-26-30(42(2)37)14-13-29(40-32)34(26)36/h6,11-14,17-20,23,37H,3-5,7-10,15-16H2,1-2H3/q+1. The summed E-state index contributed by atoms with van der Waals surface area (Å²) < 4.78 is 26.0. The lowest BCUT2D eigenvalue weighted by atomic mass is 9.77. The van der Waals surface area contributed by atoms with Crippen LogP contribution in [-0.2, 0) is 23.7 Å². The minimum atomic E-state index is -0.729. The molecular weight excluding hydrogens is 597 g/mol. The molecule has 0 amide bonds. The molecule has 4 heterocycles. The van der Waals surface area contributed by atoms with Gasteiger partial charge in [-0.15, -0.1) is 11.3 Å². The van der Waals surface area contributed by atoms with Gasteiger partial charge in [-0.3, -0.25) is 0 Å². The normalized spacial score (nSPS) is 22.3. The van der Waals surface area contributed by atoms with Crippen molar-refractivity contribution in [1.29, 1.82) is 0 Å². The first-order valence-electron chi connectivity index (χ1n) is 14.9. The fourth-order valence-electron chi connectivity index (χ4n) is 7.29. The Morgan fingerprint density at radius 2 is 2.00 bits per heavy atom. The summed E-state index contributed by atoms with van der Waals surface area (Å²) in [6, 6.07) is 8.85. The van der Waals surface area contributed by atoms with Crippen molar-refractivity contribution in [3.63, 3.8) is 0 Å². The molecule has 0 saturated heterocycles. The van der Waals surface area contributed by atoms with E-state index in [2.05, 4.69) is 63.8 Å².